The molecule has 0 aliphatic carbocycles. The number of ketones is 1. The molecule has 0 aromatic heterocycles. The normalized spacial score (nSPS) is 10.7. The summed E-state index contributed by atoms with van der Waals surface area (Å²) in [4.78, 5) is 11.8. The van der Waals surface area contributed by atoms with E-state index in [1.165, 1.54) is 18.2 Å². The molecule has 20 heavy (non-hydrogen) atoms. The molecule has 0 saturated carbocycles. The van der Waals surface area contributed by atoms with Crippen molar-refractivity contribution in [2.45, 2.75) is 6.42 Å². The lowest BCUT2D eigenvalue weighted by Crippen LogP contribution is -2.11. The number of Topliss-reactive ketones (excluding diaryl/α,β-unsaturated/α-hetero) is 1. The van der Waals surface area contributed by atoms with Gasteiger partial charge in [-0.1, -0.05) is 23.7 Å². The van der Waals surface area contributed by atoms with Crippen molar-refractivity contribution in [2.75, 3.05) is 0 Å². The molecule has 0 amide bonds. The van der Waals surface area contributed by atoms with E-state index < -0.39 is 41.0 Å². The molecular weight excluding hydrogens is 296 g/mol. The van der Waals surface area contributed by atoms with Crippen molar-refractivity contribution in [1.29, 1.82) is 0 Å². The third-order valence-corrected chi connectivity index (χ3v) is 2.96. The number of carbonyl (C=O) groups is 1. The number of benzene rings is 2. The van der Waals surface area contributed by atoms with Gasteiger partial charge >= 0.3 is 0 Å². The zero-order valence-electron chi connectivity index (χ0n) is 9.89. The van der Waals surface area contributed by atoms with E-state index >= 15 is 0 Å². The molecule has 0 fully saturated rings. The Morgan fingerprint density at radius 3 is 2.25 bits per heavy atom. The van der Waals surface area contributed by atoms with Crippen LogP contribution in [0.3, 0.4) is 0 Å². The lowest BCUT2D eigenvalue weighted by molar-refractivity contribution is 0.0983. The van der Waals surface area contributed by atoms with E-state index in [9.17, 15) is 22.4 Å². The van der Waals surface area contributed by atoms with Crippen molar-refractivity contribution < 1.29 is 22.4 Å². The summed E-state index contributed by atoms with van der Waals surface area (Å²) in [7, 11) is 0. The van der Waals surface area contributed by atoms with Crippen molar-refractivity contribution in [1.82, 2.24) is 0 Å². The molecule has 0 saturated heterocycles. The van der Waals surface area contributed by atoms with Crippen molar-refractivity contribution in [2.24, 2.45) is 0 Å². The number of hydrogen-bond donors (Lipinski definition) is 0. The van der Waals surface area contributed by atoms with Gasteiger partial charge in [0.2, 0.25) is 0 Å². The van der Waals surface area contributed by atoms with Gasteiger partial charge in [-0.15, -0.1) is 0 Å². The molecular formula is C14H7ClF4O. The topological polar surface area (TPSA) is 17.1 Å². The predicted octanol–water partition coefficient (Wildman–Crippen LogP) is 4.32. The van der Waals surface area contributed by atoms with Crippen molar-refractivity contribution in [3.63, 3.8) is 0 Å². The summed E-state index contributed by atoms with van der Waals surface area (Å²) in [6.45, 7) is 0. The molecule has 0 atom stereocenters. The summed E-state index contributed by atoms with van der Waals surface area (Å²) in [5, 5.41) is -0.199. The summed E-state index contributed by atoms with van der Waals surface area (Å²) < 4.78 is 53.2. The van der Waals surface area contributed by atoms with Crippen LogP contribution in [0.5, 0.6) is 0 Å². The average molecular weight is 303 g/mol. The van der Waals surface area contributed by atoms with Crippen LogP contribution in [0.2, 0.25) is 5.02 Å². The highest BCUT2D eigenvalue weighted by molar-refractivity contribution is 6.30. The van der Waals surface area contributed by atoms with Crippen LogP contribution in [-0.2, 0) is 6.42 Å². The monoisotopic (exact) mass is 302 g/mol. The van der Waals surface area contributed by atoms with E-state index in [-0.39, 0.29) is 10.6 Å². The standard InChI is InChI=1S/C14H7ClF4O/c15-9-3-1-2-7(14(9)19)4-12(20)13-10(17)5-8(16)6-11(13)18/h1-3,5-6H,4H2. The van der Waals surface area contributed by atoms with Gasteiger partial charge in [0.05, 0.1) is 10.6 Å². The molecule has 0 spiro atoms. The molecule has 0 heterocycles. The molecule has 0 unspecified atom stereocenters. The second kappa shape index (κ2) is 5.63. The Kier molecular flexibility index (Phi) is 4.09. The van der Waals surface area contributed by atoms with Crippen LogP contribution >= 0.6 is 11.6 Å². The van der Waals surface area contributed by atoms with Gasteiger partial charge in [-0.25, -0.2) is 17.6 Å². The largest absolute Gasteiger partial charge is 0.294 e. The van der Waals surface area contributed by atoms with E-state index in [0.717, 1.165) is 0 Å². The van der Waals surface area contributed by atoms with Crippen LogP contribution in [0.1, 0.15) is 15.9 Å². The smallest absolute Gasteiger partial charge is 0.173 e. The van der Waals surface area contributed by atoms with E-state index in [2.05, 4.69) is 0 Å². The minimum Gasteiger partial charge on any atom is -0.294 e. The summed E-state index contributed by atoms with van der Waals surface area (Å²) in [6, 6.07) is 4.75. The fourth-order valence-electron chi connectivity index (χ4n) is 1.75. The Hall–Kier alpha value is -1.88. The quantitative estimate of drug-likeness (QED) is 0.609. The van der Waals surface area contributed by atoms with Gasteiger partial charge in [0.1, 0.15) is 23.3 Å². The van der Waals surface area contributed by atoms with Gasteiger partial charge in [0.25, 0.3) is 0 Å². The first-order chi connectivity index (χ1) is 9.40. The summed E-state index contributed by atoms with van der Waals surface area (Å²) >= 11 is 5.54. The Balaban J connectivity index is 2.36. The minimum atomic E-state index is -1.32. The van der Waals surface area contributed by atoms with Crippen molar-refractivity contribution in [3.8, 4) is 0 Å². The van der Waals surface area contributed by atoms with Crippen LogP contribution in [0, 0.1) is 23.3 Å². The highest BCUT2D eigenvalue weighted by Gasteiger charge is 2.20. The van der Waals surface area contributed by atoms with E-state index in [1.54, 1.807) is 0 Å². The first-order valence-electron chi connectivity index (χ1n) is 5.50. The number of rotatable bonds is 3. The van der Waals surface area contributed by atoms with Crippen LogP contribution in [0.25, 0.3) is 0 Å². The third-order valence-electron chi connectivity index (χ3n) is 2.67. The zero-order valence-corrected chi connectivity index (χ0v) is 10.6. The van der Waals surface area contributed by atoms with Crippen LogP contribution in [-0.4, -0.2) is 5.78 Å². The second-order valence-electron chi connectivity index (χ2n) is 4.06. The fraction of sp³-hybridized carbons (Fsp3) is 0.0714. The highest BCUT2D eigenvalue weighted by Crippen LogP contribution is 2.21. The second-order valence-corrected chi connectivity index (χ2v) is 4.46. The molecule has 1 nitrogen and oxygen atoms in total. The number of hydrogen-bond acceptors (Lipinski definition) is 1. The molecule has 0 aliphatic heterocycles. The summed E-state index contributed by atoms with van der Waals surface area (Å²) in [5.74, 6) is -5.61. The Bertz CT molecular complexity index is 662. The van der Waals surface area contributed by atoms with Gasteiger partial charge in [0.15, 0.2) is 5.78 Å². The minimum absolute atomic E-state index is 0.0920. The molecule has 0 radical (unpaired) electrons. The first-order valence-corrected chi connectivity index (χ1v) is 5.88. The maximum atomic E-state index is 13.6. The van der Waals surface area contributed by atoms with Gasteiger partial charge < -0.3 is 0 Å². The highest BCUT2D eigenvalue weighted by atomic mass is 35.5. The number of halogens is 5. The fourth-order valence-corrected chi connectivity index (χ4v) is 1.95. The van der Waals surface area contributed by atoms with Gasteiger partial charge in [-0.2, -0.15) is 0 Å². The average Bonchev–Trinajstić information content (AvgIpc) is 2.33. The summed E-state index contributed by atoms with van der Waals surface area (Å²) in [6.07, 6.45) is -0.578. The van der Waals surface area contributed by atoms with Crippen molar-refractivity contribution in [3.05, 3.63) is 69.8 Å². The molecule has 0 aliphatic rings. The molecule has 2 aromatic rings. The molecule has 2 aromatic carbocycles. The maximum Gasteiger partial charge on any atom is 0.173 e. The molecule has 0 N–H and O–H groups in total. The summed E-state index contributed by atoms with van der Waals surface area (Å²) in [5.41, 5.74) is -0.989. The molecule has 104 valence electrons. The lowest BCUT2D eigenvalue weighted by Gasteiger charge is -2.06. The van der Waals surface area contributed by atoms with E-state index in [0.29, 0.717) is 12.1 Å². The molecule has 6 heteroatoms. The van der Waals surface area contributed by atoms with Gasteiger partial charge in [0, 0.05) is 18.6 Å². The van der Waals surface area contributed by atoms with Gasteiger partial charge in [-0.05, 0) is 11.6 Å². The Morgan fingerprint density at radius 2 is 1.65 bits per heavy atom. The first kappa shape index (κ1) is 14.5. The predicted molar refractivity (Wildman–Crippen MR) is 65.8 cm³/mol. The molecule has 2 rings (SSSR count). The van der Waals surface area contributed by atoms with Crippen LogP contribution < -0.4 is 0 Å². The van der Waals surface area contributed by atoms with Crippen LogP contribution in [0.4, 0.5) is 17.6 Å². The van der Waals surface area contributed by atoms with Crippen LogP contribution in [0.15, 0.2) is 30.3 Å². The van der Waals surface area contributed by atoms with E-state index in [1.807, 2.05) is 0 Å². The SMILES string of the molecule is O=C(Cc1cccc(Cl)c1F)c1c(F)cc(F)cc1F. The maximum absolute atomic E-state index is 13.6. The molecule has 0 bridgehead atoms. The lowest BCUT2D eigenvalue weighted by atomic mass is 10.0. The van der Waals surface area contributed by atoms with E-state index in [4.69, 9.17) is 11.6 Å². The zero-order chi connectivity index (χ0) is 14.9. The third kappa shape index (κ3) is 2.82. The number of carbonyl (C=O) groups excluding carboxylic acids is 1. The Morgan fingerprint density at radius 1 is 1.05 bits per heavy atom. The Labute approximate surface area is 116 Å². The van der Waals surface area contributed by atoms with Gasteiger partial charge in [-0.3, -0.25) is 4.79 Å². The van der Waals surface area contributed by atoms with Crippen molar-refractivity contribution >= 4 is 17.4 Å².